The minimum atomic E-state index is -0.861. The number of hydrogen-bond acceptors (Lipinski definition) is 4. The third-order valence-corrected chi connectivity index (χ3v) is 5.53. The lowest BCUT2D eigenvalue weighted by molar-refractivity contribution is -0.139. The molecular formula is C26H20N4O3. The molecular weight excluding hydrogens is 416 g/mol. The first-order valence-electron chi connectivity index (χ1n) is 10.5. The number of aromatic nitrogens is 2. The van der Waals surface area contributed by atoms with Crippen molar-refractivity contribution < 1.29 is 14.4 Å². The van der Waals surface area contributed by atoms with Crippen molar-refractivity contribution in [1.82, 2.24) is 14.7 Å². The quantitative estimate of drug-likeness (QED) is 0.344. The molecule has 0 spiro atoms. The van der Waals surface area contributed by atoms with E-state index >= 15 is 0 Å². The second-order valence-electron chi connectivity index (χ2n) is 7.80. The zero-order valence-corrected chi connectivity index (χ0v) is 17.9. The van der Waals surface area contributed by atoms with Gasteiger partial charge in [-0.2, -0.15) is 5.10 Å². The highest BCUT2D eigenvalue weighted by molar-refractivity contribution is 6.52. The number of nitrogens with zero attached hydrogens (tertiary/aromatic N) is 4. The molecule has 1 aliphatic heterocycles. The van der Waals surface area contributed by atoms with Crippen LogP contribution in [0, 0.1) is 6.92 Å². The van der Waals surface area contributed by atoms with Gasteiger partial charge in [-0.25, -0.2) is 14.4 Å². The molecule has 7 nitrogen and oxygen atoms in total. The highest BCUT2D eigenvalue weighted by Gasteiger charge is 2.45. The topological polar surface area (TPSA) is 75.5 Å². The molecule has 0 saturated carbocycles. The van der Waals surface area contributed by atoms with E-state index in [1.807, 2.05) is 67.6 Å². The molecule has 4 aromatic rings. The molecule has 5 rings (SSSR count). The molecule has 3 aromatic carbocycles. The number of amides is 4. The fourth-order valence-corrected chi connectivity index (χ4v) is 3.81. The van der Waals surface area contributed by atoms with E-state index in [2.05, 4.69) is 0 Å². The Morgan fingerprint density at radius 3 is 2.03 bits per heavy atom. The number of carbonyl (C=O) groups excluding carboxylic acids is 3. The Kier molecular flexibility index (Phi) is 5.06. The average Bonchev–Trinajstić information content (AvgIpc) is 3.36. The van der Waals surface area contributed by atoms with E-state index in [0.717, 1.165) is 26.6 Å². The van der Waals surface area contributed by atoms with E-state index < -0.39 is 17.8 Å². The van der Waals surface area contributed by atoms with E-state index in [1.165, 1.54) is 0 Å². The van der Waals surface area contributed by atoms with Gasteiger partial charge in [0.2, 0.25) is 0 Å². The van der Waals surface area contributed by atoms with Crippen molar-refractivity contribution in [3.63, 3.8) is 0 Å². The van der Waals surface area contributed by atoms with Crippen LogP contribution in [0.4, 0.5) is 10.5 Å². The smallest absolute Gasteiger partial charge is 0.263 e. The van der Waals surface area contributed by atoms with Gasteiger partial charge in [-0.3, -0.25) is 14.5 Å². The van der Waals surface area contributed by atoms with Gasteiger partial charge in [0, 0.05) is 17.3 Å². The number of rotatable bonds is 5. The highest BCUT2D eigenvalue weighted by atomic mass is 16.2. The number of para-hydroxylation sites is 1. The number of imide groups is 2. The molecule has 2 heterocycles. The number of urea groups is 1. The monoisotopic (exact) mass is 436 g/mol. The van der Waals surface area contributed by atoms with Crippen molar-refractivity contribution in [1.29, 1.82) is 0 Å². The summed E-state index contributed by atoms with van der Waals surface area (Å²) >= 11 is 0. The van der Waals surface area contributed by atoms with Crippen molar-refractivity contribution in [2.75, 3.05) is 4.90 Å². The molecule has 162 valence electrons. The van der Waals surface area contributed by atoms with Crippen molar-refractivity contribution >= 4 is 23.5 Å². The van der Waals surface area contributed by atoms with Crippen LogP contribution in [0.3, 0.4) is 0 Å². The van der Waals surface area contributed by atoms with Crippen LogP contribution >= 0.6 is 0 Å². The van der Waals surface area contributed by atoms with Gasteiger partial charge >= 0.3 is 17.8 Å². The number of benzene rings is 3. The van der Waals surface area contributed by atoms with Crippen LogP contribution in [0.15, 0.2) is 91.1 Å². The van der Waals surface area contributed by atoms with Gasteiger partial charge in [0.15, 0.2) is 0 Å². The zero-order chi connectivity index (χ0) is 22.9. The number of aryl methyl sites for hydroxylation is 1. The van der Waals surface area contributed by atoms with Crippen molar-refractivity contribution in [3.8, 4) is 16.9 Å². The molecule has 1 fully saturated rings. The van der Waals surface area contributed by atoms with Gasteiger partial charge in [0.05, 0.1) is 23.6 Å². The van der Waals surface area contributed by atoms with Gasteiger partial charge < -0.3 is 0 Å². The molecule has 1 aromatic heterocycles. The van der Waals surface area contributed by atoms with Crippen molar-refractivity contribution in [2.24, 2.45) is 0 Å². The predicted octanol–water partition coefficient (Wildman–Crippen LogP) is 4.34. The number of carbonyl (C=O) groups is 3. The Bertz CT molecular complexity index is 1350. The number of hydrogen-bond donors (Lipinski definition) is 0. The standard InChI is InChI=1S/C26H20N4O3/c1-18-12-14-22(15-13-18)30-25(32)24(31)28(26(30)33)16-20-17-29(21-10-6-3-7-11-21)27-23(20)19-8-4-2-5-9-19/h2-15,17H,16H2,1H3. The lowest BCUT2D eigenvalue weighted by Gasteiger charge is -2.15. The third-order valence-electron chi connectivity index (χ3n) is 5.53. The summed E-state index contributed by atoms with van der Waals surface area (Å²) in [5.41, 5.74) is 4.35. The molecule has 0 unspecified atom stereocenters. The van der Waals surface area contributed by atoms with Crippen LogP contribution in [0.2, 0.25) is 0 Å². The lowest BCUT2D eigenvalue weighted by Crippen LogP contribution is -2.33. The SMILES string of the molecule is Cc1ccc(N2C(=O)C(=O)N(Cc3cn(-c4ccccc4)nc3-c3ccccc3)C2=O)cc1. The summed E-state index contributed by atoms with van der Waals surface area (Å²) in [6, 6.07) is 25.3. The summed E-state index contributed by atoms with van der Waals surface area (Å²) in [6.45, 7) is 1.84. The first-order valence-corrected chi connectivity index (χ1v) is 10.5. The molecule has 0 atom stereocenters. The van der Waals surface area contributed by atoms with Crippen LogP contribution in [0.5, 0.6) is 0 Å². The molecule has 0 aliphatic carbocycles. The average molecular weight is 436 g/mol. The third kappa shape index (κ3) is 3.70. The molecule has 0 radical (unpaired) electrons. The second kappa shape index (κ2) is 8.20. The summed E-state index contributed by atoms with van der Waals surface area (Å²) < 4.78 is 1.71. The molecule has 4 amide bonds. The van der Waals surface area contributed by atoms with Crippen LogP contribution in [0.25, 0.3) is 16.9 Å². The van der Waals surface area contributed by atoms with Gasteiger partial charge in [-0.05, 0) is 31.2 Å². The van der Waals surface area contributed by atoms with Crippen LogP contribution in [-0.2, 0) is 16.1 Å². The molecule has 33 heavy (non-hydrogen) atoms. The Labute approximate surface area is 190 Å². The number of anilines is 1. The Hall–Kier alpha value is -4.52. The summed E-state index contributed by atoms with van der Waals surface area (Å²) in [7, 11) is 0. The molecule has 0 N–H and O–H groups in total. The normalized spacial score (nSPS) is 13.8. The second-order valence-corrected chi connectivity index (χ2v) is 7.80. The Morgan fingerprint density at radius 2 is 1.36 bits per heavy atom. The zero-order valence-electron chi connectivity index (χ0n) is 17.9. The van der Waals surface area contributed by atoms with Crippen LogP contribution < -0.4 is 4.90 Å². The van der Waals surface area contributed by atoms with E-state index in [9.17, 15) is 14.4 Å². The fraction of sp³-hybridized carbons (Fsp3) is 0.0769. The maximum absolute atomic E-state index is 13.1. The fourth-order valence-electron chi connectivity index (χ4n) is 3.81. The van der Waals surface area contributed by atoms with E-state index in [4.69, 9.17) is 5.10 Å². The molecule has 0 bridgehead atoms. The van der Waals surface area contributed by atoms with Gasteiger partial charge in [0.1, 0.15) is 0 Å². The van der Waals surface area contributed by atoms with Crippen molar-refractivity contribution in [2.45, 2.75) is 13.5 Å². The van der Waals surface area contributed by atoms with Crippen molar-refractivity contribution in [3.05, 3.63) is 102 Å². The lowest BCUT2D eigenvalue weighted by atomic mass is 10.1. The maximum Gasteiger partial charge on any atom is 0.339 e. The molecule has 1 aliphatic rings. The van der Waals surface area contributed by atoms with Gasteiger partial charge in [-0.15, -0.1) is 0 Å². The van der Waals surface area contributed by atoms with E-state index in [1.54, 1.807) is 35.1 Å². The summed E-state index contributed by atoms with van der Waals surface area (Å²) in [4.78, 5) is 40.5. The summed E-state index contributed by atoms with van der Waals surface area (Å²) in [5, 5.41) is 4.72. The van der Waals surface area contributed by atoms with Gasteiger partial charge in [-0.1, -0.05) is 66.2 Å². The van der Waals surface area contributed by atoms with E-state index in [0.29, 0.717) is 16.9 Å². The van der Waals surface area contributed by atoms with Crippen LogP contribution in [-0.4, -0.2) is 32.5 Å². The van der Waals surface area contributed by atoms with Crippen LogP contribution in [0.1, 0.15) is 11.1 Å². The Balaban J connectivity index is 1.52. The largest absolute Gasteiger partial charge is 0.339 e. The predicted molar refractivity (Wildman–Crippen MR) is 124 cm³/mol. The first-order chi connectivity index (χ1) is 16.0. The first kappa shape index (κ1) is 20.4. The molecule has 7 heteroatoms. The molecule has 1 saturated heterocycles. The van der Waals surface area contributed by atoms with E-state index in [-0.39, 0.29) is 6.54 Å². The highest BCUT2D eigenvalue weighted by Crippen LogP contribution is 2.28. The summed E-state index contributed by atoms with van der Waals surface area (Å²) in [5.74, 6) is -1.72. The Morgan fingerprint density at radius 1 is 0.727 bits per heavy atom. The minimum absolute atomic E-state index is 0.0666. The maximum atomic E-state index is 13.1. The minimum Gasteiger partial charge on any atom is -0.263 e. The van der Waals surface area contributed by atoms with Gasteiger partial charge in [0.25, 0.3) is 0 Å². The summed E-state index contributed by atoms with van der Waals surface area (Å²) in [6.07, 6.45) is 1.79.